The van der Waals surface area contributed by atoms with Crippen molar-refractivity contribution in [2.45, 2.75) is 0 Å². The molecule has 19 heavy (non-hydrogen) atoms. The van der Waals surface area contributed by atoms with Crippen LogP contribution in [0.2, 0.25) is 0 Å². The summed E-state index contributed by atoms with van der Waals surface area (Å²) in [4.78, 5) is 12.0. The Bertz CT molecular complexity index is 697. The number of amides is 1. The quantitative estimate of drug-likeness (QED) is 0.368. The predicted molar refractivity (Wildman–Crippen MR) is 69.1 cm³/mol. The number of para-hydroxylation sites is 1. The molecule has 6 heteroatoms. The van der Waals surface area contributed by atoms with Crippen LogP contribution in [0.1, 0.15) is 10.4 Å². The van der Waals surface area contributed by atoms with E-state index in [1.807, 2.05) is 0 Å². The molecule has 0 aromatic heterocycles. The summed E-state index contributed by atoms with van der Waals surface area (Å²) < 4.78 is 0. The Morgan fingerprint density at radius 3 is 2.47 bits per heavy atom. The lowest BCUT2D eigenvalue weighted by Crippen LogP contribution is -2.10. The van der Waals surface area contributed by atoms with Crippen LogP contribution in [-0.4, -0.2) is 21.2 Å². The van der Waals surface area contributed by atoms with Crippen LogP contribution in [0.15, 0.2) is 30.3 Å². The van der Waals surface area contributed by atoms with E-state index >= 15 is 0 Å². The summed E-state index contributed by atoms with van der Waals surface area (Å²) in [7, 11) is 0. The molecule has 0 radical (unpaired) electrons. The summed E-state index contributed by atoms with van der Waals surface area (Å²) in [6.45, 7) is 0. The third-order valence-corrected chi connectivity index (χ3v) is 2.89. The minimum Gasteiger partial charge on any atom is -0.508 e. The van der Waals surface area contributed by atoms with Crippen molar-refractivity contribution >= 4 is 23.0 Å². The lowest BCUT2D eigenvalue weighted by Gasteiger charge is -2.11. The highest BCUT2D eigenvalue weighted by molar-refractivity contribution is 6.13. The first kappa shape index (κ1) is 11.2. The maximum atomic E-state index is 12.0. The van der Waals surface area contributed by atoms with Gasteiger partial charge < -0.3 is 26.0 Å². The molecule has 1 amide bonds. The van der Waals surface area contributed by atoms with E-state index in [9.17, 15) is 20.1 Å². The minimum absolute atomic E-state index is 0.104. The van der Waals surface area contributed by atoms with Crippen LogP contribution >= 0.6 is 0 Å². The Labute approximate surface area is 107 Å². The normalized spacial score (nSPS) is 12.7. The van der Waals surface area contributed by atoms with Gasteiger partial charge in [0.05, 0.1) is 16.9 Å². The number of anilines is 3. The van der Waals surface area contributed by atoms with Crippen LogP contribution in [-0.2, 0) is 0 Å². The minimum atomic E-state index is -0.442. The topological polar surface area (TPSA) is 102 Å². The highest BCUT2D eigenvalue weighted by Gasteiger charge is 2.23. The fourth-order valence-electron chi connectivity index (χ4n) is 2.02. The largest absolute Gasteiger partial charge is 0.508 e. The van der Waals surface area contributed by atoms with Gasteiger partial charge in [0, 0.05) is 12.1 Å². The molecule has 0 fully saturated rings. The van der Waals surface area contributed by atoms with E-state index in [1.165, 1.54) is 12.1 Å². The van der Waals surface area contributed by atoms with Crippen molar-refractivity contribution in [2.75, 3.05) is 10.6 Å². The van der Waals surface area contributed by atoms with Crippen molar-refractivity contribution in [1.82, 2.24) is 0 Å². The smallest absolute Gasteiger partial charge is 0.257 e. The SMILES string of the molecule is O=C1Nc2cc(O)cc(O)c2Nc2c(O)cccc21. The molecule has 1 heterocycles. The average Bonchev–Trinajstić information content (AvgIpc) is 2.48. The molecular weight excluding hydrogens is 248 g/mol. The molecule has 96 valence electrons. The first-order valence-electron chi connectivity index (χ1n) is 5.52. The Balaban J connectivity index is 2.25. The first-order chi connectivity index (χ1) is 9.06. The van der Waals surface area contributed by atoms with Gasteiger partial charge >= 0.3 is 0 Å². The van der Waals surface area contributed by atoms with E-state index in [0.717, 1.165) is 6.07 Å². The van der Waals surface area contributed by atoms with E-state index in [1.54, 1.807) is 12.1 Å². The maximum absolute atomic E-state index is 12.0. The Morgan fingerprint density at radius 2 is 1.68 bits per heavy atom. The van der Waals surface area contributed by atoms with Crippen molar-refractivity contribution in [3.8, 4) is 17.2 Å². The van der Waals surface area contributed by atoms with Crippen molar-refractivity contribution in [2.24, 2.45) is 0 Å². The fraction of sp³-hybridized carbons (Fsp3) is 0. The number of fused-ring (bicyclic) bond motifs is 2. The number of benzene rings is 2. The Hall–Kier alpha value is -2.89. The molecule has 0 spiro atoms. The summed E-state index contributed by atoms with van der Waals surface area (Å²) in [6.07, 6.45) is 0. The van der Waals surface area contributed by atoms with Gasteiger partial charge in [-0.25, -0.2) is 0 Å². The number of carbonyl (C=O) groups excluding carboxylic acids is 1. The van der Waals surface area contributed by atoms with Gasteiger partial charge in [-0.2, -0.15) is 0 Å². The predicted octanol–water partition coefficient (Wildman–Crippen LogP) is 2.11. The van der Waals surface area contributed by atoms with E-state index in [4.69, 9.17) is 0 Å². The average molecular weight is 258 g/mol. The van der Waals surface area contributed by atoms with Crippen molar-refractivity contribution < 1.29 is 20.1 Å². The fourth-order valence-corrected chi connectivity index (χ4v) is 2.02. The summed E-state index contributed by atoms with van der Waals surface area (Å²) in [5, 5.41) is 34.4. The monoisotopic (exact) mass is 258 g/mol. The van der Waals surface area contributed by atoms with Gasteiger partial charge in [-0.1, -0.05) is 6.07 Å². The van der Waals surface area contributed by atoms with Gasteiger partial charge in [-0.15, -0.1) is 0 Å². The highest BCUT2D eigenvalue weighted by Crippen LogP contribution is 2.43. The zero-order valence-corrected chi connectivity index (χ0v) is 9.64. The van der Waals surface area contributed by atoms with Gasteiger partial charge in [-0.05, 0) is 12.1 Å². The van der Waals surface area contributed by atoms with E-state index in [-0.39, 0.29) is 39.9 Å². The Morgan fingerprint density at radius 1 is 0.895 bits per heavy atom. The zero-order valence-electron chi connectivity index (χ0n) is 9.64. The van der Waals surface area contributed by atoms with Crippen LogP contribution in [0, 0.1) is 0 Å². The number of phenols is 3. The first-order valence-corrected chi connectivity index (χ1v) is 5.52. The molecule has 2 aromatic carbocycles. The standard InChI is InChI=1S/C13H10N2O4/c16-6-4-8-12(10(18)5-6)15-11-7(13(19)14-8)2-1-3-9(11)17/h1-5,15-18H,(H,14,19). The van der Waals surface area contributed by atoms with Gasteiger partial charge in [0.25, 0.3) is 5.91 Å². The molecule has 3 rings (SSSR count). The number of aromatic hydroxyl groups is 3. The summed E-state index contributed by atoms with van der Waals surface area (Å²) in [6, 6.07) is 6.97. The van der Waals surface area contributed by atoms with Crippen LogP contribution < -0.4 is 10.6 Å². The number of hydrogen-bond acceptors (Lipinski definition) is 5. The molecule has 1 aliphatic rings. The van der Waals surface area contributed by atoms with E-state index < -0.39 is 5.91 Å². The number of carbonyl (C=O) groups is 1. The number of nitrogens with one attached hydrogen (secondary N) is 2. The summed E-state index contributed by atoms with van der Waals surface area (Å²) in [5.41, 5.74) is 0.902. The molecule has 0 bridgehead atoms. The van der Waals surface area contributed by atoms with Gasteiger partial charge in [0.2, 0.25) is 0 Å². The number of rotatable bonds is 0. The molecule has 0 aliphatic carbocycles. The molecule has 6 nitrogen and oxygen atoms in total. The van der Waals surface area contributed by atoms with Crippen molar-refractivity contribution in [3.05, 3.63) is 35.9 Å². The molecule has 1 aliphatic heterocycles. The third kappa shape index (κ3) is 1.70. The van der Waals surface area contributed by atoms with Crippen LogP contribution in [0.4, 0.5) is 17.1 Å². The second-order valence-corrected chi connectivity index (χ2v) is 4.17. The second kappa shape index (κ2) is 3.81. The lowest BCUT2D eigenvalue weighted by atomic mass is 10.1. The molecule has 0 atom stereocenters. The molecule has 5 N–H and O–H groups in total. The molecular formula is C13H10N2O4. The van der Waals surface area contributed by atoms with Crippen LogP contribution in [0.25, 0.3) is 0 Å². The maximum Gasteiger partial charge on any atom is 0.257 e. The molecule has 0 saturated heterocycles. The van der Waals surface area contributed by atoms with Crippen molar-refractivity contribution in [3.63, 3.8) is 0 Å². The zero-order chi connectivity index (χ0) is 13.6. The van der Waals surface area contributed by atoms with Gasteiger partial charge in [0.1, 0.15) is 22.9 Å². The highest BCUT2D eigenvalue weighted by atomic mass is 16.3. The van der Waals surface area contributed by atoms with E-state index in [0.29, 0.717) is 0 Å². The third-order valence-electron chi connectivity index (χ3n) is 2.89. The van der Waals surface area contributed by atoms with Crippen LogP contribution in [0.3, 0.4) is 0 Å². The molecule has 0 saturated carbocycles. The number of hydrogen-bond donors (Lipinski definition) is 5. The Kier molecular flexibility index (Phi) is 2.25. The summed E-state index contributed by atoms with van der Waals surface area (Å²) >= 11 is 0. The van der Waals surface area contributed by atoms with Gasteiger partial charge in [-0.3, -0.25) is 4.79 Å². The van der Waals surface area contributed by atoms with E-state index in [2.05, 4.69) is 10.6 Å². The number of phenolic OH excluding ortho intramolecular Hbond substituents is 3. The van der Waals surface area contributed by atoms with Crippen molar-refractivity contribution in [1.29, 1.82) is 0 Å². The molecule has 2 aromatic rings. The lowest BCUT2D eigenvalue weighted by molar-refractivity contribution is 0.102. The molecule has 0 unspecified atom stereocenters. The van der Waals surface area contributed by atoms with Crippen LogP contribution in [0.5, 0.6) is 17.2 Å². The van der Waals surface area contributed by atoms with Gasteiger partial charge in [0.15, 0.2) is 0 Å². The second-order valence-electron chi connectivity index (χ2n) is 4.17. The summed E-state index contributed by atoms with van der Waals surface area (Å²) in [5.74, 6) is -0.949.